The normalized spacial score (nSPS) is 22.0. The highest BCUT2D eigenvalue weighted by Crippen LogP contribution is 2.31. The standard InChI is InChI=1S/C14H21N3O4/c1-21-7-6-17-9-10(8-15-17)16-13(18)11-4-2-3-5-12(11)14(19)20/h8-9,11-12H,2-7H2,1H3,(H,16,18)(H,19,20)/t11-,12+/m1/s1. The number of hydrogen-bond acceptors (Lipinski definition) is 4. The summed E-state index contributed by atoms with van der Waals surface area (Å²) in [5.74, 6) is -2.15. The zero-order chi connectivity index (χ0) is 15.2. The van der Waals surface area contributed by atoms with Gasteiger partial charge in [-0.05, 0) is 12.8 Å². The number of carbonyl (C=O) groups excluding carboxylic acids is 1. The molecule has 1 aromatic heterocycles. The average molecular weight is 295 g/mol. The SMILES string of the molecule is COCCn1cc(NC(=O)[C@@H]2CCCC[C@@H]2C(=O)O)cn1. The van der Waals surface area contributed by atoms with Gasteiger partial charge in [-0.1, -0.05) is 12.8 Å². The van der Waals surface area contributed by atoms with Crippen molar-refractivity contribution in [3.8, 4) is 0 Å². The maximum absolute atomic E-state index is 12.3. The third kappa shape index (κ3) is 4.04. The van der Waals surface area contributed by atoms with Crippen molar-refractivity contribution in [2.75, 3.05) is 19.0 Å². The number of methoxy groups -OCH3 is 1. The molecular weight excluding hydrogens is 274 g/mol. The molecule has 7 heteroatoms. The van der Waals surface area contributed by atoms with Crippen LogP contribution >= 0.6 is 0 Å². The lowest BCUT2D eigenvalue weighted by molar-refractivity contribution is -0.147. The predicted molar refractivity (Wildman–Crippen MR) is 75.8 cm³/mol. The van der Waals surface area contributed by atoms with E-state index in [-0.39, 0.29) is 5.91 Å². The van der Waals surface area contributed by atoms with Gasteiger partial charge >= 0.3 is 5.97 Å². The Morgan fingerprint density at radius 2 is 2.14 bits per heavy atom. The summed E-state index contributed by atoms with van der Waals surface area (Å²) >= 11 is 0. The van der Waals surface area contributed by atoms with Crippen molar-refractivity contribution in [2.24, 2.45) is 11.8 Å². The Morgan fingerprint density at radius 1 is 1.43 bits per heavy atom. The number of nitrogens with zero attached hydrogens (tertiary/aromatic N) is 2. The molecule has 0 bridgehead atoms. The van der Waals surface area contributed by atoms with Crippen molar-refractivity contribution in [1.82, 2.24) is 9.78 Å². The number of ether oxygens (including phenoxy) is 1. The number of anilines is 1. The second kappa shape index (κ2) is 7.21. The molecule has 0 aromatic carbocycles. The summed E-state index contributed by atoms with van der Waals surface area (Å²) in [4.78, 5) is 23.5. The van der Waals surface area contributed by atoms with Crippen LogP contribution in [0.5, 0.6) is 0 Å². The smallest absolute Gasteiger partial charge is 0.307 e. The summed E-state index contributed by atoms with van der Waals surface area (Å²) in [7, 11) is 1.61. The van der Waals surface area contributed by atoms with E-state index >= 15 is 0 Å². The topological polar surface area (TPSA) is 93.5 Å². The van der Waals surface area contributed by atoms with E-state index in [1.165, 1.54) is 0 Å². The molecule has 0 radical (unpaired) electrons. The molecule has 0 spiro atoms. The van der Waals surface area contributed by atoms with Crippen molar-refractivity contribution in [1.29, 1.82) is 0 Å². The Balaban J connectivity index is 1.96. The molecule has 0 unspecified atom stereocenters. The molecule has 116 valence electrons. The third-order valence-electron chi connectivity index (χ3n) is 3.85. The van der Waals surface area contributed by atoms with Gasteiger partial charge in [0.1, 0.15) is 0 Å². The molecule has 2 N–H and O–H groups in total. The van der Waals surface area contributed by atoms with E-state index in [2.05, 4.69) is 10.4 Å². The molecule has 1 aliphatic carbocycles. The summed E-state index contributed by atoms with van der Waals surface area (Å²) in [6.45, 7) is 1.15. The van der Waals surface area contributed by atoms with Gasteiger partial charge < -0.3 is 15.2 Å². The monoisotopic (exact) mass is 295 g/mol. The zero-order valence-corrected chi connectivity index (χ0v) is 12.1. The molecule has 0 saturated heterocycles. The van der Waals surface area contributed by atoms with Crippen LogP contribution in [0.3, 0.4) is 0 Å². The molecule has 2 rings (SSSR count). The molecule has 1 amide bonds. The van der Waals surface area contributed by atoms with E-state index in [4.69, 9.17) is 4.74 Å². The largest absolute Gasteiger partial charge is 0.481 e. The fourth-order valence-corrected chi connectivity index (χ4v) is 2.71. The van der Waals surface area contributed by atoms with E-state index in [1.54, 1.807) is 24.2 Å². The number of carbonyl (C=O) groups is 2. The van der Waals surface area contributed by atoms with Gasteiger partial charge in [-0.25, -0.2) is 0 Å². The summed E-state index contributed by atoms with van der Waals surface area (Å²) in [5.41, 5.74) is 0.589. The predicted octanol–water partition coefficient (Wildman–Crippen LogP) is 1.36. The van der Waals surface area contributed by atoms with Gasteiger partial charge in [0.05, 0.1) is 36.9 Å². The van der Waals surface area contributed by atoms with E-state index in [0.29, 0.717) is 31.7 Å². The van der Waals surface area contributed by atoms with Gasteiger partial charge in [0, 0.05) is 13.3 Å². The molecule has 2 atom stereocenters. The molecule has 1 fully saturated rings. The van der Waals surface area contributed by atoms with Crippen molar-refractivity contribution < 1.29 is 19.4 Å². The number of rotatable bonds is 6. The maximum atomic E-state index is 12.3. The molecule has 1 aliphatic rings. The lowest BCUT2D eigenvalue weighted by Crippen LogP contribution is -2.35. The highest BCUT2D eigenvalue weighted by Gasteiger charge is 2.35. The van der Waals surface area contributed by atoms with Gasteiger partial charge in [0.25, 0.3) is 0 Å². The maximum Gasteiger partial charge on any atom is 0.307 e. The van der Waals surface area contributed by atoms with Crippen molar-refractivity contribution in [3.63, 3.8) is 0 Å². The van der Waals surface area contributed by atoms with Crippen LogP contribution in [0.4, 0.5) is 5.69 Å². The van der Waals surface area contributed by atoms with Crippen LogP contribution in [0.25, 0.3) is 0 Å². The number of nitrogens with one attached hydrogen (secondary N) is 1. The zero-order valence-electron chi connectivity index (χ0n) is 12.1. The first-order valence-corrected chi connectivity index (χ1v) is 7.17. The number of hydrogen-bond donors (Lipinski definition) is 2. The molecule has 7 nitrogen and oxygen atoms in total. The van der Waals surface area contributed by atoms with E-state index < -0.39 is 17.8 Å². The first-order chi connectivity index (χ1) is 10.1. The van der Waals surface area contributed by atoms with E-state index in [0.717, 1.165) is 12.8 Å². The molecule has 1 heterocycles. The number of aliphatic carboxylic acids is 1. The first-order valence-electron chi connectivity index (χ1n) is 7.17. The quantitative estimate of drug-likeness (QED) is 0.826. The Hall–Kier alpha value is -1.89. The lowest BCUT2D eigenvalue weighted by atomic mass is 9.78. The minimum Gasteiger partial charge on any atom is -0.481 e. The lowest BCUT2D eigenvalue weighted by Gasteiger charge is -2.27. The van der Waals surface area contributed by atoms with Crippen LogP contribution in [0.2, 0.25) is 0 Å². The number of carboxylic acids is 1. The van der Waals surface area contributed by atoms with E-state index in [1.807, 2.05) is 0 Å². The summed E-state index contributed by atoms with van der Waals surface area (Å²) in [6, 6.07) is 0. The van der Waals surface area contributed by atoms with Crippen molar-refractivity contribution in [3.05, 3.63) is 12.4 Å². The van der Waals surface area contributed by atoms with Crippen LogP contribution in [-0.2, 0) is 20.9 Å². The number of aromatic nitrogens is 2. The van der Waals surface area contributed by atoms with Crippen LogP contribution in [-0.4, -0.2) is 40.5 Å². The van der Waals surface area contributed by atoms with E-state index in [9.17, 15) is 14.7 Å². The minimum atomic E-state index is -0.884. The minimum absolute atomic E-state index is 0.228. The van der Waals surface area contributed by atoms with Gasteiger partial charge in [0.2, 0.25) is 5.91 Å². The highest BCUT2D eigenvalue weighted by atomic mass is 16.5. The Morgan fingerprint density at radius 3 is 2.81 bits per heavy atom. The van der Waals surface area contributed by atoms with Gasteiger partial charge in [-0.3, -0.25) is 14.3 Å². The fraction of sp³-hybridized carbons (Fsp3) is 0.643. The van der Waals surface area contributed by atoms with Crippen LogP contribution in [0, 0.1) is 11.8 Å². The van der Waals surface area contributed by atoms with Gasteiger partial charge in [-0.2, -0.15) is 5.10 Å². The molecular formula is C14H21N3O4. The molecule has 1 aromatic rings. The molecule has 1 saturated carbocycles. The van der Waals surface area contributed by atoms with Gasteiger partial charge in [-0.15, -0.1) is 0 Å². The highest BCUT2D eigenvalue weighted by molar-refractivity contribution is 5.95. The van der Waals surface area contributed by atoms with Crippen LogP contribution in [0.15, 0.2) is 12.4 Å². The molecule has 0 aliphatic heterocycles. The van der Waals surface area contributed by atoms with Crippen LogP contribution < -0.4 is 5.32 Å². The summed E-state index contributed by atoms with van der Waals surface area (Å²) in [6.07, 6.45) is 6.24. The first kappa shape index (κ1) is 15.5. The Labute approximate surface area is 123 Å². The second-order valence-corrected chi connectivity index (χ2v) is 5.31. The Bertz CT molecular complexity index is 500. The average Bonchev–Trinajstić information content (AvgIpc) is 2.92. The van der Waals surface area contributed by atoms with Crippen molar-refractivity contribution in [2.45, 2.75) is 32.2 Å². The summed E-state index contributed by atoms with van der Waals surface area (Å²) < 4.78 is 6.63. The second-order valence-electron chi connectivity index (χ2n) is 5.31. The third-order valence-corrected chi connectivity index (χ3v) is 3.85. The Kier molecular flexibility index (Phi) is 5.32. The molecule has 21 heavy (non-hydrogen) atoms. The van der Waals surface area contributed by atoms with Crippen molar-refractivity contribution >= 4 is 17.6 Å². The number of amides is 1. The van der Waals surface area contributed by atoms with Crippen LogP contribution in [0.1, 0.15) is 25.7 Å². The van der Waals surface area contributed by atoms with Gasteiger partial charge in [0.15, 0.2) is 0 Å². The number of carboxylic acid groups (broad SMARTS) is 1. The summed E-state index contributed by atoms with van der Waals surface area (Å²) in [5, 5.41) is 16.1. The fourth-order valence-electron chi connectivity index (χ4n) is 2.71.